The van der Waals surface area contributed by atoms with E-state index in [-0.39, 0.29) is 44.5 Å². The van der Waals surface area contributed by atoms with Gasteiger partial charge in [0, 0.05) is 50.3 Å². The zero-order valence-electron chi connectivity index (χ0n) is 31.3. The highest BCUT2D eigenvalue weighted by atomic mass is 31.2. The van der Waals surface area contributed by atoms with Crippen LogP contribution in [-0.4, -0.2) is 87.3 Å². The van der Waals surface area contributed by atoms with E-state index in [0.29, 0.717) is 25.1 Å². The maximum Gasteiger partial charge on any atom is 0.419 e. The fourth-order valence-corrected chi connectivity index (χ4v) is 8.81. The summed E-state index contributed by atoms with van der Waals surface area (Å²) in [6, 6.07) is 8.21. The van der Waals surface area contributed by atoms with E-state index in [1.165, 1.54) is 12.1 Å². The zero-order valence-corrected chi connectivity index (χ0v) is 32.2. The Hall–Kier alpha value is -3.34. The molecule has 2 amide bonds. The Morgan fingerprint density at radius 2 is 1.56 bits per heavy atom. The van der Waals surface area contributed by atoms with E-state index in [2.05, 4.69) is 4.98 Å². The number of esters is 1. The van der Waals surface area contributed by atoms with E-state index in [4.69, 9.17) is 18.7 Å². The first kappa shape index (κ1) is 41.1. The second-order valence-corrected chi connectivity index (χ2v) is 18.6. The van der Waals surface area contributed by atoms with Crippen LogP contribution in [0.3, 0.4) is 0 Å². The molecule has 2 atom stereocenters. The van der Waals surface area contributed by atoms with Crippen LogP contribution in [0.15, 0.2) is 42.7 Å². The van der Waals surface area contributed by atoms with Gasteiger partial charge in [0.1, 0.15) is 22.6 Å². The van der Waals surface area contributed by atoms with Gasteiger partial charge in [0.2, 0.25) is 7.37 Å². The number of imide groups is 1. The van der Waals surface area contributed by atoms with Crippen LogP contribution in [-0.2, 0) is 34.6 Å². The van der Waals surface area contributed by atoms with Crippen LogP contribution in [0.4, 0.5) is 14.0 Å². The number of unbranched alkanes of at least 4 members (excludes halogenated alkanes) is 1. The van der Waals surface area contributed by atoms with Crippen molar-refractivity contribution in [1.82, 2.24) is 14.8 Å². The summed E-state index contributed by atoms with van der Waals surface area (Å²) in [5.41, 5.74) is -0.348. The molecule has 278 valence electrons. The minimum atomic E-state index is -3.66. The minimum absolute atomic E-state index is 0.0546. The highest BCUT2D eigenvalue weighted by molar-refractivity contribution is 7.62. The van der Waals surface area contributed by atoms with Crippen molar-refractivity contribution in [2.75, 3.05) is 32.4 Å². The maximum atomic E-state index is 14.8. The Morgan fingerprint density at radius 3 is 2.10 bits per heavy atom. The molecule has 1 aliphatic heterocycles. The Morgan fingerprint density at radius 1 is 0.940 bits per heavy atom. The van der Waals surface area contributed by atoms with Crippen molar-refractivity contribution >= 4 is 25.5 Å². The van der Waals surface area contributed by atoms with Gasteiger partial charge in [-0.05, 0) is 118 Å². The van der Waals surface area contributed by atoms with Crippen LogP contribution in [0.2, 0.25) is 0 Å². The highest BCUT2D eigenvalue weighted by Crippen LogP contribution is 2.64. The fourth-order valence-electron chi connectivity index (χ4n) is 5.80. The number of rotatable bonds is 11. The molecule has 0 radical (unpaired) electrons. The van der Waals surface area contributed by atoms with E-state index >= 15 is 0 Å². The van der Waals surface area contributed by atoms with Crippen LogP contribution in [0, 0.1) is 5.82 Å². The number of nitrogens with zero attached hydrogens (tertiary/aromatic N) is 3. The van der Waals surface area contributed by atoms with Crippen LogP contribution >= 0.6 is 7.37 Å². The Bertz CT molecular complexity index is 1510. The molecule has 0 bridgehead atoms. The van der Waals surface area contributed by atoms with Gasteiger partial charge < -0.3 is 18.7 Å². The van der Waals surface area contributed by atoms with Crippen LogP contribution in [0.1, 0.15) is 94.1 Å². The molecule has 0 N–H and O–H groups in total. The van der Waals surface area contributed by atoms with Gasteiger partial charge in [-0.25, -0.2) is 18.9 Å². The highest BCUT2D eigenvalue weighted by Gasteiger charge is 2.59. The normalized spacial score (nSPS) is 20.2. The second kappa shape index (κ2) is 16.3. The van der Waals surface area contributed by atoms with Gasteiger partial charge in [-0.15, -0.1) is 0 Å². The minimum Gasteiger partial charge on any atom is -0.459 e. The number of hydrogen-bond donors (Lipinski definition) is 0. The second-order valence-electron chi connectivity index (χ2n) is 15.7. The molecule has 1 fully saturated rings. The lowest BCUT2D eigenvalue weighted by Crippen LogP contribution is -2.56. The van der Waals surface area contributed by atoms with Crippen molar-refractivity contribution in [3.8, 4) is 11.1 Å². The van der Waals surface area contributed by atoms with Gasteiger partial charge >= 0.3 is 18.2 Å². The van der Waals surface area contributed by atoms with E-state index < -0.39 is 47.5 Å². The summed E-state index contributed by atoms with van der Waals surface area (Å²) in [5.74, 6) is -1.02. The molecular weight excluding hydrogens is 664 g/mol. The predicted molar refractivity (Wildman–Crippen MR) is 191 cm³/mol. The smallest absolute Gasteiger partial charge is 0.419 e. The predicted octanol–water partition coefficient (Wildman–Crippen LogP) is 8.44. The van der Waals surface area contributed by atoms with E-state index in [9.17, 15) is 23.3 Å². The quantitative estimate of drug-likeness (QED) is 0.0967. The number of aromatic nitrogens is 1. The standard InChI is InChI=1S/C37H55FN3O8P/c1-11-46-50(45)22-21-40(25-28-16-17-29(38)23-30(28)27-15-14-19-39-24-27)26-37(50,31(42)47-34(2,3)4)18-12-13-20-41(32(43)48-35(5,6)7)33(44)49-36(8,9)10/h14-17,19,23-24H,11-13,18,20-22,25-26H2,1-10H3/t37-,50?/m0/s1. The Labute approximate surface area is 296 Å². The van der Waals surface area contributed by atoms with Crippen molar-refractivity contribution in [2.45, 2.75) is 117 Å². The fraction of sp³-hybridized carbons (Fsp3) is 0.622. The molecule has 0 aliphatic carbocycles. The summed E-state index contributed by atoms with van der Waals surface area (Å²) in [4.78, 5) is 47.6. The molecule has 50 heavy (non-hydrogen) atoms. The number of ether oxygens (including phenoxy) is 3. The monoisotopic (exact) mass is 719 g/mol. The number of hydrogen-bond acceptors (Lipinski definition) is 10. The molecule has 0 spiro atoms. The van der Waals surface area contributed by atoms with E-state index in [1.807, 2.05) is 11.0 Å². The van der Waals surface area contributed by atoms with Crippen molar-refractivity contribution in [2.24, 2.45) is 0 Å². The van der Waals surface area contributed by atoms with E-state index in [0.717, 1.165) is 16.0 Å². The van der Waals surface area contributed by atoms with Gasteiger partial charge in [0.05, 0.1) is 6.61 Å². The number of halogens is 1. The number of carbonyl (C=O) groups excluding carboxylic acids is 3. The summed E-state index contributed by atoms with van der Waals surface area (Å²) in [6.07, 6.45) is 2.38. The van der Waals surface area contributed by atoms with Crippen LogP contribution < -0.4 is 0 Å². The third-order valence-electron chi connectivity index (χ3n) is 7.85. The van der Waals surface area contributed by atoms with Gasteiger partial charge in [-0.1, -0.05) is 12.1 Å². The van der Waals surface area contributed by atoms with Gasteiger partial charge in [0.15, 0.2) is 5.16 Å². The molecule has 1 aromatic carbocycles. The average Bonchev–Trinajstić information content (AvgIpc) is 2.97. The van der Waals surface area contributed by atoms with Gasteiger partial charge in [-0.3, -0.25) is 19.2 Å². The lowest BCUT2D eigenvalue weighted by atomic mass is 9.97. The molecule has 0 saturated carbocycles. The molecular formula is C37H55FN3O8P. The number of carbonyl (C=O) groups is 3. The summed E-state index contributed by atoms with van der Waals surface area (Å²) in [6.45, 7) is 18.1. The summed E-state index contributed by atoms with van der Waals surface area (Å²) in [7, 11) is -3.66. The van der Waals surface area contributed by atoms with Crippen LogP contribution in [0.25, 0.3) is 11.1 Å². The van der Waals surface area contributed by atoms with Crippen molar-refractivity contribution in [3.05, 3.63) is 54.1 Å². The summed E-state index contributed by atoms with van der Waals surface area (Å²) < 4.78 is 52.3. The van der Waals surface area contributed by atoms with Crippen molar-refractivity contribution < 1.29 is 42.1 Å². The molecule has 11 nitrogen and oxygen atoms in total. The lowest BCUT2D eigenvalue weighted by molar-refractivity contribution is -0.160. The van der Waals surface area contributed by atoms with Crippen molar-refractivity contribution in [1.29, 1.82) is 0 Å². The largest absolute Gasteiger partial charge is 0.459 e. The molecule has 3 rings (SSSR count). The van der Waals surface area contributed by atoms with E-state index in [1.54, 1.807) is 93.8 Å². The van der Waals surface area contributed by atoms with Gasteiger partial charge in [-0.2, -0.15) is 0 Å². The first-order chi connectivity index (χ1) is 23.1. The first-order valence-corrected chi connectivity index (χ1v) is 19.0. The molecule has 1 aromatic heterocycles. The lowest BCUT2D eigenvalue weighted by Gasteiger charge is -2.46. The molecule has 1 unspecified atom stereocenters. The molecule has 2 heterocycles. The number of benzene rings is 1. The summed E-state index contributed by atoms with van der Waals surface area (Å²) in [5, 5.41) is -1.55. The molecule has 1 saturated heterocycles. The topological polar surface area (TPSA) is 125 Å². The number of pyridine rings is 1. The third-order valence-corrected chi connectivity index (χ3v) is 11.2. The average molecular weight is 720 g/mol. The Kier molecular flexibility index (Phi) is 13.4. The van der Waals surface area contributed by atoms with Crippen molar-refractivity contribution in [3.63, 3.8) is 0 Å². The molecule has 13 heteroatoms. The first-order valence-electron chi connectivity index (χ1n) is 17.2. The van der Waals surface area contributed by atoms with Gasteiger partial charge in [0.25, 0.3) is 0 Å². The SMILES string of the molecule is CCOP1(=O)CCN(Cc2ccc(F)cc2-c2cccnc2)C[C@@]1(CCCCN(C(=O)OC(C)(C)C)C(=O)OC(C)(C)C)C(=O)OC(C)(C)C. The molecule has 1 aliphatic rings. The number of amides is 2. The van der Waals surface area contributed by atoms with Crippen LogP contribution in [0.5, 0.6) is 0 Å². The molecule has 2 aromatic rings. The summed E-state index contributed by atoms with van der Waals surface area (Å²) >= 11 is 0. The third kappa shape index (κ3) is 11.3. The zero-order chi connectivity index (χ0) is 37.5. The maximum absolute atomic E-state index is 14.8. The Balaban J connectivity index is 1.96.